The first-order valence-electron chi connectivity index (χ1n) is 18.6. The molecule has 0 saturated carbocycles. The number of aryl methyl sites for hydroxylation is 1. The van der Waals surface area contributed by atoms with E-state index in [1.54, 1.807) is 49.9 Å². The molecule has 4 rings (SSSR count). The summed E-state index contributed by atoms with van der Waals surface area (Å²) in [7, 11) is 0. The van der Waals surface area contributed by atoms with Gasteiger partial charge < -0.3 is 39.5 Å². The van der Waals surface area contributed by atoms with E-state index in [9.17, 15) is 28.8 Å². The van der Waals surface area contributed by atoms with Crippen LogP contribution in [0.5, 0.6) is 5.75 Å². The minimum Gasteiger partial charge on any atom is -0.494 e. The molecular formula is C40H55N5O10. The topological polar surface area (TPSA) is 188 Å². The maximum Gasteiger partial charge on any atom is 0.420 e. The van der Waals surface area contributed by atoms with Gasteiger partial charge in [0.15, 0.2) is 5.58 Å². The Morgan fingerprint density at radius 1 is 0.927 bits per heavy atom. The van der Waals surface area contributed by atoms with E-state index in [2.05, 4.69) is 16.0 Å². The number of hydrogen-bond acceptors (Lipinski definition) is 10. The molecule has 3 aromatic rings. The molecule has 1 aliphatic heterocycles. The summed E-state index contributed by atoms with van der Waals surface area (Å²) in [5, 5.41) is 7.95. The van der Waals surface area contributed by atoms with Crippen LogP contribution < -0.4 is 26.4 Å². The number of piperidine rings is 1. The van der Waals surface area contributed by atoms with E-state index in [4.69, 9.17) is 18.6 Å². The number of oxazole rings is 1. The third kappa shape index (κ3) is 13.2. The second kappa shape index (κ2) is 18.3. The molecular weight excluding hydrogens is 710 g/mol. The molecule has 0 spiro atoms. The predicted molar refractivity (Wildman–Crippen MR) is 204 cm³/mol. The van der Waals surface area contributed by atoms with E-state index >= 15 is 0 Å². The van der Waals surface area contributed by atoms with Crippen LogP contribution in [0.25, 0.3) is 11.1 Å². The zero-order valence-corrected chi connectivity index (χ0v) is 33.1. The largest absolute Gasteiger partial charge is 0.494 e. The number of amides is 4. The van der Waals surface area contributed by atoms with Crippen molar-refractivity contribution in [2.75, 3.05) is 19.7 Å². The van der Waals surface area contributed by atoms with Gasteiger partial charge in [-0.25, -0.2) is 9.59 Å². The molecule has 15 heteroatoms. The number of rotatable bonds is 14. The van der Waals surface area contributed by atoms with Gasteiger partial charge >= 0.3 is 17.8 Å². The molecule has 1 aromatic heterocycles. The molecule has 2 heterocycles. The third-order valence-electron chi connectivity index (χ3n) is 8.80. The van der Waals surface area contributed by atoms with Crippen LogP contribution in [0.2, 0.25) is 0 Å². The van der Waals surface area contributed by atoms with E-state index in [0.717, 1.165) is 30.4 Å². The summed E-state index contributed by atoms with van der Waals surface area (Å²) in [5.41, 5.74) is 0.971. The lowest BCUT2D eigenvalue weighted by Gasteiger charge is -2.34. The Kier molecular flexibility index (Phi) is 14.1. The third-order valence-corrected chi connectivity index (χ3v) is 8.80. The number of esters is 1. The number of carbonyl (C=O) groups excluding carboxylic acids is 5. The summed E-state index contributed by atoms with van der Waals surface area (Å²) in [5.74, 6) is -2.59. The second-order valence-corrected chi connectivity index (χ2v) is 15.9. The van der Waals surface area contributed by atoms with Crippen LogP contribution in [-0.4, -0.2) is 82.2 Å². The highest BCUT2D eigenvalue weighted by atomic mass is 16.6. The van der Waals surface area contributed by atoms with Crippen LogP contribution in [0, 0.1) is 12.8 Å². The number of fused-ring (bicyclic) bond motifs is 1. The van der Waals surface area contributed by atoms with Gasteiger partial charge in [0, 0.05) is 26.6 Å². The van der Waals surface area contributed by atoms with Gasteiger partial charge in [0.1, 0.15) is 29.0 Å². The van der Waals surface area contributed by atoms with E-state index in [1.165, 1.54) is 11.5 Å². The van der Waals surface area contributed by atoms with Gasteiger partial charge in [-0.2, -0.15) is 0 Å². The van der Waals surface area contributed by atoms with Crippen molar-refractivity contribution >= 4 is 40.9 Å². The zero-order valence-electron chi connectivity index (χ0n) is 33.1. The van der Waals surface area contributed by atoms with E-state index in [-0.39, 0.29) is 25.1 Å². The fourth-order valence-electron chi connectivity index (χ4n) is 6.21. The van der Waals surface area contributed by atoms with Crippen LogP contribution in [-0.2, 0) is 41.7 Å². The summed E-state index contributed by atoms with van der Waals surface area (Å²) in [4.78, 5) is 79.4. The van der Waals surface area contributed by atoms with E-state index in [0.29, 0.717) is 36.5 Å². The van der Waals surface area contributed by atoms with Gasteiger partial charge in [0.2, 0.25) is 17.7 Å². The first-order chi connectivity index (χ1) is 25.8. The summed E-state index contributed by atoms with van der Waals surface area (Å²) < 4.78 is 23.6. The van der Waals surface area contributed by atoms with Gasteiger partial charge in [-0.15, -0.1) is 0 Å². The van der Waals surface area contributed by atoms with Crippen molar-refractivity contribution in [2.24, 2.45) is 5.92 Å². The number of likely N-dealkylation sites (tertiary alicyclic amines) is 1. The van der Waals surface area contributed by atoms with Gasteiger partial charge in [0.05, 0.1) is 25.1 Å². The maximum absolute atomic E-state index is 13.9. The number of nitrogens with zero attached hydrogens (tertiary/aromatic N) is 2. The van der Waals surface area contributed by atoms with Gasteiger partial charge in [-0.05, 0) is 109 Å². The van der Waals surface area contributed by atoms with Gasteiger partial charge in [-0.3, -0.25) is 23.7 Å². The van der Waals surface area contributed by atoms with Gasteiger partial charge in [0.25, 0.3) is 0 Å². The molecule has 300 valence electrons. The molecule has 15 nitrogen and oxygen atoms in total. The maximum atomic E-state index is 13.9. The highest BCUT2D eigenvalue weighted by Crippen LogP contribution is 2.24. The minimum atomic E-state index is -1.36. The average molecular weight is 766 g/mol. The van der Waals surface area contributed by atoms with Crippen LogP contribution in [0.15, 0.2) is 51.7 Å². The lowest BCUT2D eigenvalue weighted by molar-refractivity contribution is -0.156. The Labute approximate surface area is 321 Å². The highest BCUT2D eigenvalue weighted by molar-refractivity contribution is 5.94. The first kappa shape index (κ1) is 42.4. The molecule has 0 bridgehead atoms. The van der Waals surface area contributed by atoms with Gasteiger partial charge in [-0.1, -0.05) is 18.2 Å². The van der Waals surface area contributed by atoms with E-state index in [1.807, 2.05) is 45.9 Å². The number of para-hydroxylation sites is 2. The molecule has 55 heavy (non-hydrogen) atoms. The molecule has 2 aromatic carbocycles. The Morgan fingerprint density at radius 3 is 2.33 bits per heavy atom. The lowest BCUT2D eigenvalue weighted by Crippen LogP contribution is -2.55. The molecule has 1 aliphatic rings. The number of nitrogens with one attached hydrogen (secondary N) is 3. The van der Waals surface area contributed by atoms with Crippen molar-refractivity contribution in [3.63, 3.8) is 0 Å². The quantitative estimate of drug-likeness (QED) is 0.199. The standard InChI is InChI=1S/C40H55N5O10/c1-25-15-16-29(52-19-17-27-12-11-18-44(23-27)37(50)55-40(6,7)8)20-28(25)22-41-35(48)31(24-45-32-13-9-10-14-33(32)53-38(45)51)43-36(49)30(42-26(2)46)21-34(47)54-39(3,4)5/h9-10,13-16,20,27,30-31H,11-12,17-19,21-24H2,1-8H3,(H,41,48)(H,42,46)(H,43,49)/t27?,30-,31?/m0/s1. The lowest BCUT2D eigenvalue weighted by atomic mass is 9.95. The summed E-state index contributed by atoms with van der Waals surface area (Å²) in [6, 6.07) is 9.56. The van der Waals surface area contributed by atoms with Crippen molar-refractivity contribution in [1.82, 2.24) is 25.4 Å². The highest BCUT2D eigenvalue weighted by Gasteiger charge is 2.31. The van der Waals surface area contributed by atoms with Crippen LogP contribution >= 0.6 is 0 Å². The molecule has 4 amide bonds. The Bertz CT molecular complexity index is 1900. The molecule has 3 atom stereocenters. The van der Waals surface area contributed by atoms with E-state index < -0.39 is 59.2 Å². The number of aromatic nitrogens is 1. The van der Waals surface area contributed by atoms with Crippen molar-refractivity contribution < 1.29 is 42.6 Å². The number of hydrogen-bond donors (Lipinski definition) is 3. The molecule has 2 unspecified atom stereocenters. The molecule has 1 fully saturated rings. The van der Waals surface area contributed by atoms with Crippen LogP contribution in [0.3, 0.4) is 0 Å². The molecule has 0 radical (unpaired) electrons. The fraction of sp³-hybridized carbons (Fsp3) is 0.550. The van der Waals surface area contributed by atoms with Crippen molar-refractivity contribution in [1.29, 1.82) is 0 Å². The number of carbonyl (C=O) groups is 5. The summed E-state index contributed by atoms with van der Waals surface area (Å²) >= 11 is 0. The molecule has 1 saturated heterocycles. The van der Waals surface area contributed by atoms with Crippen LogP contribution in [0.1, 0.15) is 85.3 Å². The summed E-state index contributed by atoms with van der Waals surface area (Å²) in [6.07, 6.45) is 1.83. The SMILES string of the molecule is CC(=O)N[C@@H](CC(=O)OC(C)(C)C)C(=O)NC(Cn1c(=O)oc2ccccc21)C(=O)NCc1cc(OCCC2CCCN(C(=O)OC(C)(C)C)C2)ccc1C. The Hall–Kier alpha value is -5.34. The van der Waals surface area contributed by atoms with Crippen molar-refractivity contribution in [3.05, 3.63) is 64.1 Å². The number of ether oxygens (including phenoxy) is 3. The van der Waals surface area contributed by atoms with Crippen LogP contribution in [0.4, 0.5) is 4.79 Å². The second-order valence-electron chi connectivity index (χ2n) is 15.9. The zero-order chi connectivity index (χ0) is 40.5. The van der Waals surface area contributed by atoms with Crippen molar-refractivity contribution in [2.45, 2.75) is 117 Å². The number of benzene rings is 2. The average Bonchev–Trinajstić information content (AvgIpc) is 3.40. The molecule has 0 aliphatic carbocycles. The van der Waals surface area contributed by atoms with Crippen molar-refractivity contribution in [3.8, 4) is 5.75 Å². The minimum absolute atomic E-state index is 0.0653. The fourth-order valence-corrected chi connectivity index (χ4v) is 6.21. The first-order valence-corrected chi connectivity index (χ1v) is 18.6. The monoisotopic (exact) mass is 765 g/mol. The smallest absolute Gasteiger partial charge is 0.420 e. The normalized spacial score (nSPS) is 15.8. The predicted octanol–water partition coefficient (Wildman–Crippen LogP) is 4.36. The molecule has 3 N–H and O–H groups in total. The Morgan fingerprint density at radius 2 is 1.64 bits per heavy atom. The Balaban J connectivity index is 1.45. The summed E-state index contributed by atoms with van der Waals surface area (Å²) in [6.45, 7) is 15.1.